The Morgan fingerprint density at radius 2 is 2.15 bits per heavy atom. The second kappa shape index (κ2) is 7.95. The third-order valence-corrected chi connectivity index (χ3v) is 3.96. The zero-order valence-corrected chi connectivity index (χ0v) is 12.1. The number of ether oxygens (including phenoxy) is 1. The van der Waals surface area contributed by atoms with Gasteiger partial charge in [-0.2, -0.15) is 0 Å². The third-order valence-electron chi connectivity index (χ3n) is 2.50. The second-order valence-corrected chi connectivity index (χ2v) is 5.72. The summed E-state index contributed by atoms with van der Waals surface area (Å²) in [6.45, 7) is 3.24. The molecular weight excluding hydrogens is 282 g/mol. The van der Waals surface area contributed by atoms with E-state index < -0.39 is 15.9 Å². The van der Waals surface area contributed by atoms with Gasteiger partial charge in [0.05, 0.1) is 4.90 Å². The van der Waals surface area contributed by atoms with Crippen molar-refractivity contribution in [3.63, 3.8) is 0 Å². The minimum atomic E-state index is -3.64. The van der Waals surface area contributed by atoms with Crippen molar-refractivity contribution < 1.29 is 17.9 Å². The van der Waals surface area contributed by atoms with Crippen LogP contribution in [0.5, 0.6) is 0 Å². The lowest BCUT2D eigenvalue weighted by atomic mass is 10.2. The number of sulfonamides is 1. The lowest BCUT2D eigenvalue weighted by Gasteiger charge is -2.08. The van der Waals surface area contributed by atoms with Gasteiger partial charge < -0.3 is 4.74 Å². The topological polar surface area (TPSA) is 111 Å². The van der Waals surface area contributed by atoms with E-state index in [0.717, 1.165) is 0 Å². The van der Waals surface area contributed by atoms with Crippen molar-refractivity contribution in [2.24, 2.45) is 5.84 Å². The molecule has 0 aliphatic heterocycles. The summed E-state index contributed by atoms with van der Waals surface area (Å²) in [4.78, 5) is 11.4. The van der Waals surface area contributed by atoms with Crippen LogP contribution in [0, 0.1) is 0 Å². The van der Waals surface area contributed by atoms with Crippen LogP contribution in [0.1, 0.15) is 23.7 Å². The molecule has 20 heavy (non-hydrogen) atoms. The van der Waals surface area contributed by atoms with Gasteiger partial charge in [0, 0.05) is 25.3 Å². The fraction of sp³-hybridized carbons (Fsp3) is 0.417. The summed E-state index contributed by atoms with van der Waals surface area (Å²) < 4.78 is 31.6. The van der Waals surface area contributed by atoms with Crippen LogP contribution in [0.4, 0.5) is 0 Å². The van der Waals surface area contributed by atoms with E-state index in [9.17, 15) is 13.2 Å². The molecule has 0 radical (unpaired) electrons. The Morgan fingerprint density at radius 3 is 2.80 bits per heavy atom. The highest BCUT2D eigenvalue weighted by atomic mass is 32.2. The Morgan fingerprint density at radius 1 is 1.40 bits per heavy atom. The zero-order valence-electron chi connectivity index (χ0n) is 11.3. The molecule has 0 unspecified atom stereocenters. The van der Waals surface area contributed by atoms with E-state index in [1.165, 1.54) is 24.3 Å². The Kier molecular flexibility index (Phi) is 6.59. The highest BCUT2D eigenvalue weighted by Gasteiger charge is 2.15. The Hall–Kier alpha value is -1.48. The van der Waals surface area contributed by atoms with E-state index >= 15 is 0 Å². The van der Waals surface area contributed by atoms with Crippen LogP contribution in [0.3, 0.4) is 0 Å². The van der Waals surface area contributed by atoms with Crippen molar-refractivity contribution >= 4 is 15.9 Å². The second-order valence-electron chi connectivity index (χ2n) is 3.95. The first-order chi connectivity index (χ1) is 9.51. The maximum atomic E-state index is 12.0. The van der Waals surface area contributed by atoms with Gasteiger partial charge in [0.15, 0.2) is 0 Å². The minimum absolute atomic E-state index is 0.0232. The lowest BCUT2D eigenvalue weighted by Crippen LogP contribution is -2.30. The van der Waals surface area contributed by atoms with Crippen molar-refractivity contribution in [3.8, 4) is 0 Å². The predicted molar refractivity (Wildman–Crippen MR) is 74.4 cm³/mol. The highest BCUT2D eigenvalue weighted by molar-refractivity contribution is 7.89. The summed E-state index contributed by atoms with van der Waals surface area (Å²) in [7, 11) is -3.64. The maximum Gasteiger partial charge on any atom is 0.265 e. The fourth-order valence-electron chi connectivity index (χ4n) is 1.50. The van der Waals surface area contributed by atoms with Gasteiger partial charge in [-0.15, -0.1) is 0 Å². The van der Waals surface area contributed by atoms with Crippen LogP contribution < -0.4 is 16.0 Å². The molecule has 1 amide bonds. The van der Waals surface area contributed by atoms with Crippen LogP contribution in [-0.2, 0) is 14.8 Å². The van der Waals surface area contributed by atoms with Crippen molar-refractivity contribution in [3.05, 3.63) is 29.8 Å². The molecule has 0 fully saturated rings. The summed E-state index contributed by atoms with van der Waals surface area (Å²) in [6.07, 6.45) is 0.579. The molecule has 112 valence electrons. The normalized spacial score (nSPS) is 11.3. The van der Waals surface area contributed by atoms with Crippen molar-refractivity contribution in [1.82, 2.24) is 10.1 Å². The monoisotopic (exact) mass is 301 g/mol. The highest BCUT2D eigenvalue weighted by Crippen LogP contribution is 2.11. The van der Waals surface area contributed by atoms with Gasteiger partial charge >= 0.3 is 0 Å². The number of nitrogens with one attached hydrogen (secondary N) is 2. The number of benzene rings is 1. The fourth-order valence-corrected chi connectivity index (χ4v) is 2.62. The van der Waals surface area contributed by atoms with Crippen molar-refractivity contribution in [2.45, 2.75) is 18.2 Å². The molecule has 0 atom stereocenters. The van der Waals surface area contributed by atoms with Gasteiger partial charge in [-0.3, -0.25) is 10.2 Å². The van der Waals surface area contributed by atoms with Crippen LogP contribution in [0.25, 0.3) is 0 Å². The molecule has 0 heterocycles. The van der Waals surface area contributed by atoms with Gasteiger partial charge in [0.2, 0.25) is 10.0 Å². The summed E-state index contributed by atoms with van der Waals surface area (Å²) in [6, 6.07) is 5.65. The van der Waals surface area contributed by atoms with Crippen LogP contribution in [-0.4, -0.2) is 34.1 Å². The Balaban J connectivity index is 2.70. The molecule has 1 aromatic rings. The average Bonchev–Trinajstić information content (AvgIpc) is 2.46. The number of nitrogens with two attached hydrogens (primary N) is 1. The first-order valence-corrected chi connectivity index (χ1v) is 7.68. The van der Waals surface area contributed by atoms with E-state index in [0.29, 0.717) is 19.6 Å². The van der Waals surface area contributed by atoms with Crippen LogP contribution >= 0.6 is 0 Å². The molecular formula is C12H19N3O4S. The van der Waals surface area contributed by atoms with Crippen molar-refractivity contribution in [2.75, 3.05) is 19.8 Å². The molecule has 1 rings (SSSR count). The maximum absolute atomic E-state index is 12.0. The van der Waals surface area contributed by atoms with Gasteiger partial charge in [0.1, 0.15) is 0 Å². The summed E-state index contributed by atoms with van der Waals surface area (Å²) in [5.41, 5.74) is 2.14. The van der Waals surface area contributed by atoms with Gasteiger partial charge in [-0.1, -0.05) is 6.07 Å². The van der Waals surface area contributed by atoms with Crippen LogP contribution in [0.15, 0.2) is 29.2 Å². The SMILES string of the molecule is CCOCCCNS(=O)(=O)c1cccc(C(=O)NN)c1. The minimum Gasteiger partial charge on any atom is -0.382 e. The number of hydrogen-bond acceptors (Lipinski definition) is 5. The molecule has 8 heteroatoms. The lowest BCUT2D eigenvalue weighted by molar-refractivity contribution is 0.0953. The summed E-state index contributed by atoms with van der Waals surface area (Å²) >= 11 is 0. The number of amides is 1. The Bertz CT molecular complexity index is 545. The van der Waals surface area contributed by atoms with Gasteiger partial charge in [-0.05, 0) is 31.5 Å². The van der Waals surface area contributed by atoms with E-state index in [4.69, 9.17) is 10.6 Å². The first-order valence-electron chi connectivity index (χ1n) is 6.19. The molecule has 0 saturated carbocycles. The van der Waals surface area contributed by atoms with E-state index in [1.807, 2.05) is 12.3 Å². The van der Waals surface area contributed by atoms with Crippen molar-refractivity contribution in [1.29, 1.82) is 0 Å². The van der Waals surface area contributed by atoms with E-state index in [-0.39, 0.29) is 17.0 Å². The zero-order chi connectivity index (χ0) is 15.0. The number of nitrogen functional groups attached to an aromatic ring is 1. The standard InChI is InChI=1S/C12H19N3O4S/c1-2-19-8-4-7-14-20(17,18)11-6-3-5-10(9-11)12(16)15-13/h3,5-6,9,14H,2,4,7-8,13H2,1H3,(H,15,16). The van der Waals surface area contributed by atoms with Gasteiger partial charge in [0.25, 0.3) is 5.91 Å². The molecule has 4 N–H and O–H groups in total. The molecule has 0 aliphatic carbocycles. The molecule has 7 nitrogen and oxygen atoms in total. The molecule has 0 bridgehead atoms. The van der Waals surface area contributed by atoms with Crippen LogP contribution in [0.2, 0.25) is 0 Å². The largest absolute Gasteiger partial charge is 0.382 e. The van der Waals surface area contributed by atoms with E-state index in [1.54, 1.807) is 0 Å². The smallest absolute Gasteiger partial charge is 0.265 e. The molecule has 0 spiro atoms. The number of hydrazine groups is 1. The Labute approximate surface area is 118 Å². The predicted octanol–water partition coefficient (Wildman–Crippen LogP) is -0.00500. The summed E-state index contributed by atoms with van der Waals surface area (Å²) in [5.74, 6) is 4.47. The number of rotatable bonds is 8. The third kappa shape index (κ3) is 4.89. The quantitative estimate of drug-likeness (QED) is 0.271. The van der Waals surface area contributed by atoms with Gasteiger partial charge in [-0.25, -0.2) is 19.0 Å². The number of carbonyl (C=O) groups excluding carboxylic acids is 1. The van der Waals surface area contributed by atoms with E-state index in [2.05, 4.69) is 4.72 Å². The summed E-state index contributed by atoms with van der Waals surface area (Å²) in [5, 5.41) is 0. The number of hydrogen-bond donors (Lipinski definition) is 3. The molecule has 0 aliphatic rings. The average molecular weight is 301 g/mol. The molecule has 1 aromatic carbocycles. The first kappa shape index (κ1) is 16.6. The number of carbonyl (C=O) groups is 1. The molecule has 0 aromatic heterocycles. The molecule has 0 saturated heterocycles.